The molecule has 1 atom stereocenters. The summed E-state index contributed by atoms with van der Waals surface area (Å²) in [4.78, 5) is 43.1. The third-order valence-corrected chi connectivity index (χ3v) is 7.23. The van der Waals surface area contributed by atoms with Crippen LogP contribution in [0.25, 0.3) is 0 Å². The first kappa shape index (κ1) is 24.2. The number of ether oxygens (including phenoxy) is 4. The molecule has 2 aromatic rings. The molecule has 5 rings (SSSR count). The normalized spacial score (nSPS) is 19.4. The minimum atomic E-state index is -0.641. The van der Waals surface area contributed by atoms with Crippen LogP contribution in [0, 0.1) is 0 Å². The molecule has 10 heteroatoms. The first-order valence-electron chi connectivity index (χ1n) is 12.3. The Morgan fingerprint density at radius 3 is 2.75 bits per heavy atom. The number of fused-ring (bicyclic) bond motifs is 2. The number of methoxy groups -OCH3 is 2. The van der Waals surface area contributed by atoms with Gasteiger partial charge in [-0.15, -0.1) is 0 Å². The van der Waals surface area contributed by atoms with E-state index in [1.807, 2.05) is 18.2 Å². The zero-order valence-electron chi connectivity index (χ0n) is 20.7. The van der Waals surface area contributed by atoms with Crippen molar-refractivity contribution in [2.24, 2.45) is 0 Å². The molecule has 4 heterocycles. The van der Waals surface area contributed by atoms with E-state index in [0.717, 1.165) is 29.9 Å². The van der Waals surface area contributed by atoms with E-state index in [1.54, 1.807) is 9.47 Å². The molecular weight excluding hydrogens is 466 g/mol. The maximum Gasteiger partial charge on any atom is 0.328 e. The Morgan fingerprint density at radius 1 is 1.08 bits per heavy atom. The number of amides is 1. The highest BCUT2D eigenvalue weighted by molar-refractivity contribution is 6.00. The van der Waals surface area contributed by atoms with Gasteiger partial charge in [-0.3, -0.25) is 14.5 Å². The van der Waals surface area contributed by atoms with Crippen molar-refractivity contribution in [1.29, 1.82) is 0 Å². The maximum absolute atomic E-state index is 13.9. The van der Waals surface area contributed by atoms with Gasteiger partial charge in [-0.2, -0.15) is 0 Å². The molecule has 0 radical (unpaired) electrons. The van der Waals surface area contributed by atoms with Crippen molar-refractivity contribution in [2.75, 3.05) is 40.6 Å². The van der Waals surface area contributed by atoms with E-state index in [9.17, 15) is 14.4 Å². The number of benzene rings is 1. The van der Waals surface area contributed by atoms with Crippen molar-refractivity contribution in [3.63, 3.8) is 0 Å². The fraction of sp³-hybridized carbons (Fsp3) is 0.500. The van der Waals surface area contributed by atoms with Gasteiger partial charge in [0.1, 0.15) is 17.4 Å². The number of carbonyl (C=O) groups excluding carboxylic acids is 2. The number of esters is 1. The average molecular weight is 498 g/mol. The summed E-state index contributed by atoms with van der Waals surface area (Å²) in [6.45, 7) is 3.00. The van der Waals surface area contributed by atoms with E-state index in [0.29, 0.717) is 56.8 Å². The first-order valence-corrected chi connectivity index (χ1v) is 12.3. The summed E-state index contributed by atoms with van der Waals surface area (Å²) in [5.74, 6) is 1.01. The lowest BCUT2D eigenvalue weighted by molar-refractivity contribution is -0.147. The number of piperidine rings is 1. The highest BCUT2D eigenvalue weighted by Gasteiger charge is 2.36. The second-order valence-corrected chi connectivity index (χ2v) is 9.23. The lowest BCUT2D eigenvalue weighted by Gasteiger charge is -2.34. The number of nitrogens with zero attached hydrogens (tertiary/aromatic N) is 3. The molecule has 10 nitrogen and oxygen atoms in total. The van der Waals surface area contributed by atoms with Crippen molar-refractivity contribution >= 4 is 11.9 Å². The number of aromatic nitrogens is 1. The van der Waals surface area contributed by atoms with E-state index in [1.165, 1.54) is 20.3 Å². The molecule has 1 aromatic heterocycles. The minimum Gasteiger partial charge on any atom is -0.496 e. The summed E-state index contributed by atoms with van der Waals surface area (Å²) < 4.78 is 23.3. The van der Waals surface area contributed by atoms with Crippen LogP contribution in [-0.4, -0.2) is 72.9 Å². The van der Waals surface area contributed by atoms with Crippen LogP contribution >= 0.6 is 0 Å². The van der Waals surface area contributed by atoms with E-state index in [-0.39, 0.29) is 24.0 Å². The van der Waals surface area contributed by atoms with Gasteiger partial charge in [0.25, 0.3) is 11.5 Å². The second-order valence-electron chi connectivity index (χ2n) is 9.23. The molecule has 0 bridgehead atoms. The summed E-state index contributed by atoms with van der Waals surface area (Å²) in [6.07, 6.45) is 2.69. The maximum atomic E-state index is 13.9. The fourth-order valence-electron chi connectivity index (χ4n) is 5.40. The standard InChI is InChI=1S/C26H31N3O7/c1-33-21-14-22(30)28-13-12-27(15-17-6-5-8-20-24(17)36-16-35-20)11-9-18(28)23(21)25(31)29-10-4-3-7-19(29)26(32)34-2/h5-6,8,14,19H,3-4,7,9-13,15-16H2,1-2H3. The number of rotatable bonds is 5. The second kappa shape index (κ2) is 10.2. The van der Waals surface area contributed by atoms with Crippen LogP contribution in [-0.2, 0) is 29.0 Å². The highest BCUT2D eigenvalue weighted by Crippen LogP contribution is 2.36. The monoisotopic (exact) mass is 497 g/mol. The topological polar surface area (TPSA) is 99.5 Å². The fourth-order valence-corrected chi connectivity index (χ4v) is 5.40. The molecule has 0 N–H and O–H groups in total. The van der Waals surface area contributed by atoms with Crippen molar-refractivity contribution in [3.05, 3.63) is 51.4 Å². The summed E-state index contributed by atoms with van der Waals surface area (Å²) in [6, 6.07) is 6.57. The Bertz CT molecular complexity index is 1220. The molecule has 1 unspecified atom stereocenters. The zero-order chi connectivity index (χ0) is 25.2. The summed E-state index contributed by atoms with van der Waals surface area (Å²) in [7, 11) is 2.79. The predicted octanol–water partition coefficient (Wildman–Crippen LogP) is 1.81. The van der Waals surface area contributed by atoms with Crippen LogP contribution < -0.4 is 19.8 Å². The number of para-hydroxylation sites is 1. The largest absolute Gasteiger partial charge is 0.496 e. The molecule has 1 saturated heterocycles. The molecule has 1 amide bonds. The third-order valence-electron chi connectivity index (χ3n) is 7.23. The van der Waals surface area contributed by atoms with Gasteiger partial charge in [0, 0.05) is 56.5 Å². The van der Waals surface area contributed by atoms with E-state index >= 15 is 0 Å². The van der Waals surface area contributed by atoms with Crippen molar-refractivity contribution in [1.82, 2.24) is 14.4 Å². The van der Waals surface area contributed by atoms with Crippen molar-refractivity contribution in [2.45, 2.75) is 44.8 Å². The van der Waals surface area contributed by atoms with Crippen LogP contribution in [0.3, 0.4) is 0 Å². The molecule has 1 fully saturated rings. The third kappa shape index (κ3) is 4.41. The van der Waals surface area contributed by atoms with Gasteiger partial charge in [-0.05, 0) is 25.3 Å². The van der Waals surface area contributed by atoms with Crippen molar-refractivity contribution < 1.29 is 28.5 Å². The smallest absolute Gasteiger partial charge is 0.328 e. The Balaban J connectivity index is 1.45. The molecule has 36 heavy (non-hydrogen) atoms. The van der Waals surface area contributed by atoms with Crippen LogP contribution in [0.15, 0.2) is 29.1 Å². The van der Waals surface area contributed by atoms with Crippen LogP contribution in [0.5, 0.6) is 17.2 Å². The van der Waals surface area contributed by atoms with Gasteiger partial charge >= 0.3 is 5.97 Å². The van der Waals surface area contributed by atoms with Crippen molar-refractivity contribution in [3.8, 4) is 17.2 Å². The van der Waals surface area contributed by atoms with Crippen LogP contribution in [0.1, 0.15) is 40.9 Å². The highest BCUT2D eigenvalue weighted by atomic mass is 16.7. The van der Waals surface area contributed by atoms with E-state index in [4.69, 9.17) is 18.9 Å². The number of likely N-dealkylation sites (tertiary alicyclic amines) is 1. The predicted molar refractivity (Wildman–Crippen MR) is 129 cm³/mol. The summed E-state index contributed by atoms with van der Waals surface area (Å²) in [5.41, 5.74) is 1.80. The lowest BCUT2D eigenvalue weighted by atomic mass is 9.99. The Morgan fingerprint density at radius 2 is 1.94 bits per heavy atom. The zero-order valence-corrected chi connectivity index (χ0v) is 20.7. The molecule has 0 spiro atoms. The van der Waals surface area contributed by atoms with Gasteiger partial charge in [0.15, 0.2) is 11.5 Å². The number of pyridine rings is 1. The molecule has 0 saturated carbocycles. The van der Waals surface area contributed by atoms with Gasteiger partial charge < -0.3 is 28.4 Å². The summed E-state index contributed by atoms with van der Waals surface area (Å²) in [5, 5.41) is 0. The molecule has 3 aliphatic rings. The first-order chi connectivity index (χ1) is 17.5. The molecule has 1 aromatic carbocycles. The van der Waals surface area contributed by atoms with Gasteiger partial charge in [0.05, 0.1) is 14.2 Å². The Hall–Kier alpha value is -3.53. The van der Waals surface area contributed by atoms with E-state index in [2.05, 4.69) is 4.90 Å². The van der Waals surface area contributed by atoms with Gasteiger partial charge in [0.2, 0.25) is 6.79 Å². The Kier molecular flexibility index (Phi) is 6.86. The number of hydrogen-bond donors (Lipinski definition) is 0. The van der Waals surface area contributed by atoms with Crippen LogP contribution in [0.2, 0.25) is 0 Å². The minimum absolute atomic E-state index is 0.208. The summed E-state index contributed by atoms with van der Waals surface area (Å²) >= 11 is 0. The van der Waals surface area contributed by atoms with E-state index < -0.39 is 12.0 Å². The van der Waals surface area contributed by atoms with Crippen LogP contribution in [0.4, 0.5) is 0 Å². The average Bonchev–Trinajstić information content (AvgIpc) is 3.30. The molecule has 192 valence electrons. The van der Waals surface area contributed by atoms with Gasteiger partial charge in [-0.1, -0.05) is 12.1 Å². The quantitative estimate of drug-likeness (QED) is 0.577. The molecule has 3 aliphatic heterocycles. The lowest BCUT2D eigenvalue weighted by Crippen LogP contribution is -2.49. The SMILES string of the molecule is COC(=O)C1CCCCN1C(=O)c1c(OC)cc(=O)n2c1CCN(Cc1cccc3c1OCO3)CC2. The molecular formula is C26H31N3O7. The molecule has 0 aliphatic carbocycles. The van der Waals surface area contributed by atoms with Gasteiger partial charge in [-0.25, -0.2) is 4.79 Å². The Labute approximate surface area is 209 Å². The number of carbonyl (C=O) groups is 2. The number of hydrogen-bond acceptors (Lipinski definition) is 8.